The molecule has 1 aromatic carbocycles. The van der Waals surface area contributed by atoms with Crippen molar-refractivity contribution < 1.29 is 9.53 Å². The molecule has 1 saturated carbocycles. The predicted molar refractivity (Wildman–Crippen MR) is 88.0 cm³/mol. The monoisotopic (exact) mass is 312 g/mol. The highest BCUT2D eigenvalue weighted by Gasteiger charge is 2.27. The lowest BCUT2D eigenvalue weighted by molar-refractivity contribution is -0.119. The molecular weight excluding hydrogens is 288 g/mol. The Morgan fingerprint density at radius 1 is 1.43 bits per heavy atom. The van der Waals surface area contributed by atoms with Crippen molar-refractivity contribution in [3.05, 3.63) is 24.3 Å². The molecule has 0 spiro atoms. The number of nitrogens with two attached hydrogens (primary N) is 1. The third-order valence-corrected chi connectivity index (χ3v) is 3.53. The maximum absolute atomic E-state index is 12.1. The number of halogens is 1. The lowest BCUT2D eigenvalue weighted by Crippen LogP contribution is -2.23. The van der Waals surface area contributed by atoms with Gasteiger partial charge in [0.05, 0.1) is 6.61 Å². The van der Waals surface area contributed by atoms with Crippen LogP contribution in [0.1, 0.15) is 33.1 Å². The van der Waals surface area contributed by atoms with Gasteiger partial charge in [-0.15, -0.1) is 12.4 Å². The SMILES string of the molecule is CC(C)COc1cccc(NC(=O)C2CCC(N)C2)c1.Cl. The van der Waals surface area contributed by atoms with Crippen LogP contribution in [-0.2, 0) is 4.79 Å². The Labute approximate surface area is 132 Å². The lowest BCUT2D eigenvalue weighted by Gasteiger charge is -2.13. The van der Waals surface area contributed by atoms with Crippen LogP contribution in [0.25, 0.3) is 0 Å². The Hall–Kier alpha value is -1.26. The number of amides is 1. The van der Waals surface area contributed by atoms with Crippen molar-refractivity contribution in [1.29, 1.82) is 0 Å². The van der Waals surface area contributed by atoms with E-state index in [-0.39, 0.29) is 30.3 Å². The zero-order valence-electron chi connectivity index (χ0n) is 12.7. The van der Waals surface area contributed by atoms with E-state index in [0.717, 1.165) is 30.7 Å². The molecule has 1 fully saturated rings. The highest BCUT2D eigenvalue weighted by atomic mass is 35.5. The number of ether oxygens (including phenoxy) is 1. The van der Waals surface area contributed by atoms with Crippen molar-refractivity contribution >= 4 is 24.0 Å². The normalized spacial score (nSPS) is 21.0. The lowest BCUT2D eigenvalue weighted by atomic mass is 10.1. The molecule has 4 nitrogen and oxygen atoms in total. The molecule has 0 saturated heterocycles. The number of benzene rings is 1. The molecule has 5 heteroatoms. The van der Waals surface area contributed by atoms with Crippen molar-refractivity contribution in [2.75, 3.05) is 11.9 Å². The first kappa shape index (κ1) is 17.8. The number of anilines is 1. The maximum atomic E-state index is 12.1. The first-order valence-electron chi connectivity index (χ1n) is 7.34. The first-order chi connectivity index (χ1) is 9.54. The molecule has 2 atom stereocenters. The van der Waals surface area contributed by atoms with Gasteiger partial charge in [0.1, 0.15) is 5.75 Å². The van der Waals surface area contributed by atoms with Gasteiger partial charge in [0, 0.05) is 23.7 Å². The fourth-order valence-corrected chi connectivity index (χ4v) is 2.43. The summed E-state index contributed by atoms with van der Waals surface area (Å²) < 4.78 is 5.66. The number of hydrogen-bond acceptors (Lipinski definition) is 3. The van der Waals surface area contributed by atoms with E-state index in [0.29, 0.717) is 12.5 Å². The summed E-state index contributed by atoms with van der Waals surface area (Å²) in [5.74, 6) is 1.39. The molecule has 0 aromatic heterocycles. The van der Waals surface area contributed by atoms with E-state index in [1.165, 1.54) is 0 Å². The highest BCUT2D eigenvalue weighted by Crippen LogP contribution is 2.26. The molecule has 118 valence electrons. The molecule has 2 unspecified atom stereocenters. The van der Waals surface area contributed by atoms with Gasteiger partial charge in [-0.3, -0.25) is 4.79 Å². The van der Waals surface area contributed by atoms with E-state index in [4.69, 9.17) is 10.5 Å². The number of carbonyl (C=O) groups is 1. The molecule has 1 amide bonds. The second-order valence-corrected chi connectivity index (χ2v) is 5.99. The van der Waals surface area contributed by atoms with Crippen molar-refractivity contribution in [2.24, 2.45) is 17.6 Å². The van der Waals surface area contributed by atoms with Gasteiger partial charge in [-0.25, -0.2) is 0 Å². The molecular formula is C16H25ClN2O2. The molecule has 0 heterocycles. The Morgan fingerprint density at radius 2 is 2.19 bits per heavy atom. The van der Waals surface area contributed by atoms with Crippen LogP contribution < -0.4 is 15.8 Å². The van der Waals surface area contributed by atoms with Crippen LogP contribution in [0.2, 0.25) is 0 Å². The summed E-state index contributed by atoms with van der Waals surface area (Å²) in [7, 11) is 0. The van der Waals surface area contributed by atoms with Gasteiger partial charge in [-0.05, 0) is 37.3 Å². The largest absolute Gasteiger partial charge is 0.493 e. The predicted octanol–water partition coefficient (Wildman–Crippen LogP) is 3.21. The smallest absolute Gasteiger partial charge is 0.227 e. The Balaban J connectivity index is 0.00000220. The number of hydrogen-bond donors (Lipinski definition) is 2. The Kier molecular flexibility index (Phi) is 6.99. The van der Waals surface area contributed by atoms with Crippen LogP contribution in [0.4, 0.5) is 5.69 Å². The molecule has 0 radical (unpaired) electrons. The zero-order valence-corrected chi connectivity index (χ0v) is 13.5. The maximum Gasteiger partial charge on any atom is 0.227 e. The van der Waals surface area contributed by atoms with E-state index in [9.17, 15) is 4.79 Å². The molecule has 0 aliphatic heterocycles. The van der Waals surface area contributed by atoms with E-state index in [1.807, 2.05) is 24.3 Å². The Morgan fingerprint density at radius 3 is 2.81 bits per heavy atom. The number of nitrogens with one attached hydrogen (secondary N) is 1. The standard InChI is InChI=1S/C16H24N2O2.ClH/c1-11(2)10-20-15-5-3-4-14(9-15)18-16(19)12-6-7-13(17)8-12;/h3-5,9,11-13H,6-8,10,17H2,1-2H3,(H,18,19);1H. The van der Waals surface area contributed by atoms with Gasteiger partial charge >= 0.3 is 0 Å². The third kappa shape index (κ3) is 5.56. The average molecular weight is 313 g/mol. The van der Waals surface area contributed by atoms with Gasteiger partial charge in [0.25, 0.3) is 0 Å². The fourth-order valence-electron chi connectivity index (χ4n) is 2.43. The third-order valence-electron chi connectivity index (χ3n) is 3.53. The summed E-state index contributed by atoms with van der Waals surface area (Å²) >= 11 is 0. The van der Waals surface area contributed by atoms with E-state index in [2.05, 4.69) is 19.2 Å². The van der Waals surface area contributed by atoms with Crippen LogP contribution >= 0.6 is 12.4 Å². The number of carbonyl (C=O) groups excluding carboxylic acids is 1. The van der Waals surface area contributed by atoms with Crippen LogP contribution in [0.15, 0.2) is 24.3 Å². The second-order valence-electron chi connectivity index (χ2n) is 5.99. The minimum atomic E-state index is 0. The van der Waals surface area contributed by atoms with Crippen molar-refractivity contribution in [3.63, 3.8) is 0 Å². The minimum absolute atomic E-state index is 0. The summed E-state index contributed by atoms with van der Waals surface area (Å²) in [5, 5.41) is 2.96. The molecule has 2 rings (SSSR count). The second kappa shape index (κ2) is 8.25. The molecule has 1 aliphatic rings. The summed E-state index contributed by atoms with van der Waals surface area (Å²) in [6.07, 6.45) is 2.61. The number of rotatable bonds is 5. The van der Waals surface area contributed by atoms with Gasteiger partial charge in [-0.1, -0.05) is 19.9 Å². The summed E-state index contributed by atoms with van der Waals surface area (Å²) in [4.78, 5) is 12.1. The molecule has 1 aromatic rings. The van der Waals surface area contributed by atoms with Crippen molar-refractivity contribution in [1.82, 2.24) is 0 Å². The van der Waals surface area contributed by atoms with Gasteiger partial charge in [0.15, 0.2) is 0 Å². The molecule has 21 heavy (non-hydrogen) atoms. The van der Waals surface area contributed by atoms with E-state index < -0.39 is 0 Å². The van der Waals surface area contributed by atoms with Crippen LogP contribution in [0.5, 0.6) is 5.75 Å². The van der Waals surface area contributed by atoms with Gasteiger partial charge < -0.3 is 15.8 Å². The van der Waals surface area contributed by atoms with E-state index in [1.54, 1.807) is 0 Å². The van der Waals surface area contributed by atoms with E-state index >= 15 is 0 Å². The van der Waals surface area contributed by atoms with Crippen molar-refractivity contribution in [3.8, 4) is 5.75 Å². The summed E-state index contributed by atoms with van der Waals surface area (Å²) in [6.45, 7) is 4.89. The first-order valence-corrected chi connectivity index (χ1v) is 7.34. The zero-order chi connectivity index (χ0) is 14.5. The average Bonchev–Trinajstić information content (AvgIpc) is 2.84. The van der Waals surface area contributed by atoms with Crippen LogP contribution in [-0.4, -0.2) is 18.6 Å². The molecule has 3 N–H and O–H groups in total. The Bertz CT molecular complexity index is 465. The quantitative estimate of drug-likeness (QED) is 0.877. The highest BCUT2D eigenvalue weighted by molar-refractivity contribution is 5.92. The van der Waals surface area contributed by atoms with Gasteiger partial charge in [0.2, 0.25) is 5.91 Å². The summed E-state index contributed by atoms with van der Waals surface area (Å²) in [6, 6.07) is 7.73. The molecule has 0 bridgehead atoms. The van der Waals surface area contributed by atoms with Crippen molar-refractivity contribution in [2.45, 2.75) is 39.2 Å². The minimum Gasteiger partial charge on any atom is -0.493 e. The summed E-state index contributed by atoms with van der Waals surface area (Å²) in [5.41, 5.74) is 6.64. The topological polar surface area (TPSA) is 64.3 Å². The van der Waals surface area contributed by atoms with Crippen LogP contribution in [0, 0.1) is 11.8 Å². The van der Waals surface area contributed by atoms with Crippen LogP contribution in [0.3, 0.4) is 0 Å². The molecule has 1 aliphatic carbocycles. The van der Waals surface area contributed by atoms with Gasteiger partial charge in [-0.2, -0.15) is 0 Å². The fraction of sp³-hybridized carbons (Fsp3) is 0.562.